The number of hydrogen-bond acceptors (Lipinski definition) is 1. The second-order valence-corrected chi connectivity index (χ2v) is 2.94. The van der Waals surface area contributed by atoms with Crippen molar-refractivity contribution in [3.63, 3.8) is 0 Å². The topological polar surface area (TPSA) is 3.24 Å². The van der Waals surface area contributed by atoms with Crippen molar-refractivity contribution in [1.29, 1.82) is 0 Å². The van der Waals surface area contributed by atoms with Gasteiger partial charge in [0.2, 0.25) is 0 Å². The van der Waals surface area contributed by atoms with Crippen LogP contribution in [0.1, 0.15) is 19.8 Å². The summed E-state index contributed by atoms with van der Waals surface area (Å²) in [6.45, 7) is 13.6. The smallest absolute Gasteiger partial charge is 0.0331 e. The summed E-state index contributed by atoms with van der Waals surface area (Å²) in [7, 11) is 1.93. The van der Waals surface area contributed by atoms with Crippen LogP contribution in [0.15, 0.2) is 49.4 Å². The number of unbranched alkanes of at least 4 members (excludes halogenated alkanes) is 1. The molecule has 0 atom stereocenters. The van der Waals surface area contributed by atoms with Crippen molar-refractivity contribution < 1.29 is 0 Å². The molecule has 0 heterocycles. The molecule has 13 heavy (non-hydrogen) atoms. The molecule has 0 aliphatic rings. The molecule has 0 N–H and O–H groups in total. The van der Waals surface area contributed by atoms with Crippen LogP contribution in [0.3, 0.4) is 0 Å². The standard InChI is InChI=1S/C12H19N/c1-6-8-9-10-12(4)13(5)11(3)7-2/h7,9-10H,2-4,6,8H2,1,5H3/b10-9-. The molecule has 0 rings (SSSR count). The average Bonchev–Trinajstić information content (AvgIpc) is 2.15. The van der Waals surface area contributed by atoms with Crippen LogP contribution < -0.4 is 0 Å². The van der Waals surface area contributed by atoms with Crippen molar-refractivity contribution in [3.05, 3.63) is 49.4 Å². The van der Waals surface area contributed by atoms with E-state index in [1.54, 1.807) is 6.08 Å². The predicted octanol–water partition coefficient (Wildman–Crippen LogP) is 3.49. The molecule has 0 saturated carbocycles. The summed E-state index contributed by atoms with van der Waals surface area (Å²) in [5.41, 5.74) is 1.81. The van der Waals surface area contributed by atoms with Gasteiger partial charge in [-0.3, -0.25) is 0 Å². The number of allylic oxidation sites excluding steroid dienone is 3. The Hall–Kier alpha value is -1.24. The molecule has 0 radical (unpaired) electrons. The van der Waals surface area contributed by atoms with E-state index < -0.39 is 0 Å². The maximum absolute atomic E-state index is 3.93. The van der Waals surface area contributed by atoms with Gasteiger partial charge in [0.25, 0.3) is 0 Å². The largest absolute Gasteiger partial charge is 0.346 e. The van der Waals surface area contributed by atoms with E-state index in [-0.39, 0.29) is 0 Å². The summed E-state index contributed by atoms with van der Waals surface area (Å²) in [6.07, 6.45) is 8.11. The van der Waals surface area contributed by atoms with E-state index in [4.69, 9.17) is 0 Å². The molecule has 0 unspecified atom stereocenters. The normalized spacial score (nSPS) is 10.0. The molecule has 0 spiro atoms. The fraction of sp³-hybridized carbons (Fsp3) is 0.333. The fourth-order valence-electron chi connectivity index (χ4n) is 0.819. The second-order valence-electron chi connectivity index (χ2n) is 2.94. The van der Waals surface area contributed by atoms with Gasteiger partial charge < -0.3 is 4.90 Å². The van der Waals surface area contributed by atoms with Crippen molar-refractivity contribution >= 4 is 0 Å². The highest BCUT2D eigenvalue weighted by Crippen LogP contribution is 2.08. The van der Waals surface area contributed by atoms with E-state index in [0.29, 0.717) is 0 Å². The minimum atomic E-state index is 0.867. The van der Waals surface area contributed by atoms with Crippen LogP contribution in [0.4, 0.5) is 0 Å². The summed E-state index contributed by atoms with van der Waals surface area (Å²) < 4.78 is 0. The van der Waals surface area contributed by atoms with Gasteiger partial charge in [0.1, 0.15) is 0 Å². The minimum Gasteiger partial charge on any atom is -0.346 e. The number of likely N-dealkylation sites (N-methyl/N-ethyl adjacent to an activating group) is 1. The predicted molar refractivity (Wildman–Crippen MR) is 60.3 cm³/mol. The molecule has 1 heteroatoms. The number of hydrogen-bond donors (Lipinski definition) is 0. The van der Waals surface area contributed by atoms with Crippen molar-refractivity contribution in [2.24, 2.45) is 0 Å². The van der Waals surface area contributed by atoms with Crippen LogP contribution in [0, 0.1) is 0 Å². The molecule has 0 saturated heterocycles. The van der Waals surface area contributed by atoms with E-state index in [1.807, 2.05) is 18.0 Å². The first-order chi connectivity index (χ1) is 6.13. The maximum atomic E-state index is 3.93. The van der Waals surface area contributed by atoms with Gasteiger partial charge in [-0.05, 0) is 18.6 Å². The molecule has 0 aliphatic carbocycles. The van der Waals surface area contributed by atoms with Gasteiger partial charge >= 0.3 is 0 Å². The van der Waals surface area contributed by atoms with Gasteiger partial charge in [0, 0.05) is 18.4 Å². The monoisotopic (exact) mass is 177 g/mol. The van der Waals surface area contributed by atoms with Crippen LogP contribution in [0.25, 0.3) is 0 Å². The molecular formula is C12H19N. The molecule has 0 bridgehead atoms. The lowest BCUT2D eigenvalue weighted by atomic mass is 10.2. The van der Waals surface area contributed by atoms with Gasteiger partial charge in [0.15, 0.2) is 0 Å². The minimum absolute atomic E-state index is 0.867. The molecular weight excluding hydrogens is 158 g/mol. The van der Waals surface area contributed by atoms with E-state index in [2.05, 4.69) is 32.7 Å². The third-order valence-electron chi connectivity index (χ3n) is 1.86. The van der Waals surface area contributed by atoms with Crippen molar-refractivity contribution in [2.75, 3.05) is 7.05 Å². The summed E-state index contributed by atoms with van der Waals surface area (Å²) in [5, 5.41) is 0. The summed E-state index contributed by atoms with van der Waals surface area (Å²) >= 11 is 0. The van der Waals surface area contributed by atoms with Crippen molar-refractivity contribution in [1.82, 2.24) is 4.90 Å². The zero-order chi connectivity index (χ0) is 10.3. The van der Waals surface area contributed by atoms with Crippen LogP contribution in [-0.4, -0.2) is 11.9 Å². The first kappa shape index (κ1) is 11.8. The average molecular weight is 177 g/mol. The first-order valence-electron chi connectivity index (χ1n) is 4.54. The zero-order valence-corrected chi connectivity index (χ0v) is 8.71. The Bertz CT molecular complexity index is 223. The van der Waals surface area contributed by atoms with E-state index >= 15 is 0 Å². The highest BCUT2D eigenvalue weighted by molar-refractivity contribution is 5.22. The summed E-state index contributed by atoms with van der Waals surface area (Å²) in [6, 6.07) is 0. The van der Waals surface area contributed by atoms with Crippen LogP contribution in [0.2, 0.25) is 0 Å². The quantitative estimate of drug-likeness (QED) is 0.561. The van der Waals surface area contributed by atoms with Gasteiger partial charge in [-0.25, -0.2) is 0 Å². The molecule has 0 amide bonds. The highest BCUT2D eigenvalue weighted by atomic mass is 15.1. The Morgan fingerprint density at radius 2 is 1.92 bits per heavy atom. The third kappa shape index (κ3) is 4.36. The molecule has 1 nitrogen and oxygen atoms in total. The van der Waals surface area contributed by atoms with E-state index in [0.717, 1.165) is 24.2 Å². The Balaban J connectivity index is 4.10. The Morgan fingerprint density at radius 3 is 2.38 bits per heavy atom. The molecule has 0 aromatic heterocycles. The Labute approximate surface area is 81.8 Å². The Kier molecular flexibility index (Phi) is 5.69. The van der Waals surface area contributed by atoms with Gasteiger partial charge in [-0.2, -0.15) is 0 Å². The zero-order valence-electron chi connectivity index (χ0n) is 8.71. The van der Waals surface area contributed by atoms with Gasteiger partial charge in [-0.1, -0.05) is 39.2 Å². The fourth-order valence-corrected chi connectivity index (χ4v) is 0.819. The maximum Gasteiger partial charge on any atom is 0.0331 e. The number of rotatable bonds is 6. The molecule has 0 aliphatic heterocycles. The van der Waals surface area contributed by atoms with Gasteiger partial charge in [0.05, 0.1) is 0 Å². The number of nitrogens with zero attached hydrogens (tertiary/aromatic N) is 1. The van der Waals surface area contributed by atoms with E-state index in [9.17, 15) is 0 Å². The van der Waals surface area contributed by atoms with Gasteiger partial charge in [-0.15, -0.1) is 0 Å². The first-order valence-corrected chi connectivity index (χ1v) is 4.54. The van der Waals surface area contributed by atoms with Crippen LogP contribution >= 0.6 is 0 Å². The summed E-state index contributed by atoms with van der Waals surface area (Å²) in [4.78, 5) is 1.92. The SMILES string of the molecule is C=CC(=C)N(C)C(=C)/C=C\CCC. The summed E-state index contributed by atoms with van der Waals surface area (Å²) in [5.74, 6) is 0. The molecule has 0 fully saturated rings. The molecule has 0 aromatic rings. The van der Waals surface area contributed by atoms with E-state index in [1.165, 1.54) is 0 Å². The molecule has 72 valence electrons. The second kappa shape index (κ2) is 6.30. The van der Waals surface area contributed by atoms with Crippen molar-refractivity contribution in [3.8, 4) is 0 Å². The molecule has 0 aromatic carbocycles. The van der Waals surface area contributed by atoms with Crippen LogP contribution in [0.5, 0.6) is 0 Å². The van der Waals surface area contributed by atoms with Crippen molar-refractivity contribution in [2.45, 2.75) is 19.8 Å². The lowest BCUT2D eigenvalue weighted by Gasteiger charge is -2.19. The lowest BCUT2D eigenvalue weighted by molar-refractivity contribution is 0.559. The lowest BCUT2D eigenvalue weighted by Crippen LogP contribution is -2.12. The highest BCUT2D eigenvalue weighted by Gasteiger charge is 1.98. The van der Waals surface area contributed by atoms with Crippen LogP contribution in [-0.2, 0) is 0 Å². The third-order valence-corrected chi connectivity index (χ3v) is 1.86. The Morgan fingerprint density at radius 1 is 1.31 bits per heavy atom.